The summed E-state index contributed by atoms with van der Waals surface area (Å²) >= 11 is 0. The summed E-state index contributed by atoms with van der Waals surface area (Å²) in [7, 11) is 0. The second kappa shape index (κ2) is 9.48. The first kappa shape index (κ1) is 18.6. The molecule has 3 aromatic rings. The number of nitrogens with zero attached hydrogens (tertiary/aromatic N) is 1. The van der Waals surface area contributed by atoms with Crippen molar-refractivity contribution in [2.75, 3.05) is 6.61 Å². The number of halogens is 1. The topological polar surface area (TPSA) is 48.4 Å². The van der Waals surface area contributed by atoms with E-state index in [2.05, 4.69) is 4.98 Å². The quantitative estimate of drug-likeness (QED) is 0.433. The molecule has 0 unspecified atom stereocenters. The number of pyridine rings is 1. The van der Waals surface area contributed by atoms with Crippen LogP contribution in [0.3, 0.4) is 0 Å². The summed E-state index contributed by atoms with van der Waals surface area (Å²) in [6, 6.07) is 16.9. The number of para-hydroxylation sites is 1. The average molecular weight is 365 g/mol. The van der Waals surface area contributed by atoms with E-state index < -0.39 is 5.97 Å². The van der Waals surface area contributed by atoms with Crippen LogP contribution in [0.25, 0.3) is 0 Å². The molecule has 5 heteroatoms. The first-order valence-corrected chi connectivity index (χ1v) is 8.74. The van der Waals surface area contributed by atoms with E-state index in [1.165, 1.54) is 12.1 Å². The Bertz CT molecular complexity index is 866. The fourth-order valence-corrected chi connectivity index (χ4v) is 2.57. The van der Waals surface area contributed by atoms with Crippen molar-refractivity contribution in [2.24, 2.45) is 0 Å². The van der Waals surface area contributed by atoms with Gasteiger partial charge < -0.3 is 9.47 Å². The third-order valence-corrected chi connectivity index (χ3v) is 3.98. The van der Waals surface area contributed by atoms with E-state index in [4.69, 9.17) is 9.47 Å². The Hall–Kier alpha value is -3.21. The monoisotopic (exact) mass is 365 g/mol. The minimum Gasteiger partial charge on any atom is -0.488 e. The Kier molecular flexibility index (Phi) is 6.52. The van der Waals surface area contributed by atoms with Gasteiger partial charge in [0, 0.05) is 12.4 Å². The maximum absolute atomic E-state index is 13.0. The predicted molar refractivity (Wildman–Crippen MR) is 100 cm³/mol. The Morgan fingerprint density at radius 3 is 2.56 bits per heavy atom. The molecule has 0 amide bonds. The molecule has 0 spiro atoms. The summed E-state index contributed by atoms with van der Waals surface area (Å²) in [5.74, 6) is -0.274. The second-order valence-corrected chi connectivity index (χ2v) is 6.01. The van der Waals surface area contributed by atoms with Crippen molar-refractivity contribution in [3.8, 4) is 5.75 Å². The maximum Gasteiger partial charge on any atom is 0.341 e. The van der Waals surface area contributed by atoms with E-state index in [9.17, 15) is 9.18 Å². The highest BCUT2D eigenvalue weighted by Gasteiger charge is 2.13. The molecule has 0 atom stereocenters. The number of hydrogen-bond donors (Lipinski definition) is 0. The fourth-order valence-electron chi connectivity index (χ4n) is 2.57. The van der Waals surface area contributed by atoms with Gasteiger partial charge in [-0.2, -0.15) is 0 Å². The number of hydrogen-bond acceptors (Lipinski definition) is 4. The van der Waals surface area contributed by atoms with Gasteiger partial charge in [0.05, 0.1) is 6.61 Å². The van der Waals surface area contributed by atoms with Crippen molar-refractivity contribution in [2.45, 2.75) is 19.4 Å². The molecule has 1 heterocycles. The molecular weight excluding hydrogens is 345 g/mol. The molecule has 138 valence electrons. The number of carbonyl (C=O) groups excluding carboxylic acids is 1. The highest BCUT2D eigenvalue weighted by atomic mass is 19.1. The predicted octanol–water partition coefficient (Wildman–Crippen LogP) is 4.59. The largest absolute Gasteiger partial charge is 0.488 e. The molecule has 0 saturated carbocycles. The zero-order valence-electron chi connectivity index (χ0n) is 14.8. The van der Waals surface area contributed by atoms with E-state index in [1.807, 2.05) is 12.1 Å². The normalized spacial score (nSPS) is 10.4. The van der Waals surface area contributed by atoms with Gasteiger partial charge in [0.25, 0.3) is 0 Å². The van der Waals surface area contributed by atoms with Crippen molar-refractivity contribution in [3.63, 3.8) is 0 Å². The van der Waals surface area contributed by atoms with E-state index >= 15 is 0 Å². The van der Waals surface area contributed by atoms with Crippen LogP contribution in [0, 0.1) is 5.82 Å². The highest BCUT2D eigenvalue weighted by molar-refractivity contribution is 5.92. The SMILES string of the molecule is O=C(OCCCc1cccnc1)c1ccccc1OCc1ccc(F)cc1. The lowest BCUT2D eigenvalue weighted by Gasteiger charge is -2.11. The average Bonchev–Trinajstić information content (AvgIpc) is 2.71. The number of carbonyl (C=O) groups is 1. The zero-order chi connectivity index (χ0) is 18.9. The summed E-state index contributed by atoms with van der Waals surface area (Å²) in [4.78, 5) is 16.4. The standard InChI is InChI=1S/C22H20FNO3/c23-19-11-9-18(10-12-19)16-27-21-8-2-1-7-20(21)22(25)26-14-4-6-17-5-3-13-24-15-17/h1-3,5,7-13,15H,4,6,14,16H2. The maximum atomic E-state index is 13.0. The fraction of sp³-hybridized carbons (Fsp3) is 0.182. The van der Waals surface area contributed by atoms with Crippen molar-refractivity contribution in [3.05, 3.63) is 95.6 Å². The highest BCUT2D eigenvalue weighted by Crippen LogP contribution is 2.20. The minimum atomic E-state index is -0.420. The smallest absolute Gasteiger partial charge is 0.341 e. The summed E-state index contributed by atoms with van der Waals surface area (Å²) in [5, 5.41) is 0. The van der Waals surface area contributed by atoms with Crippen molar-refractivity contribution < 1.29 is 18.7 Å². The van der Waals surface area contributed by atoms with Crippen LogP contribution in [0.4, 0.5) is 4.39 Å². The first-order chi connectivity index (χ1) is 13.2. The van der Waals surface area contributed by atoms with Gasteiger partial charge in [0.1, 0.15) is 23.7 Å². The van der Waals surface area contributed by atoms with Gasteiger partial charge in [-0.05, 0) is 54.3 Å². The van der Waals surface area contributed by atoms with Crippen LogP contribution in [0.1, 0.15) is 27.9 Å². The lowest BCUT2D eigenvalue weighted by atomic mass is 10.1. The number of aryl methyl sites for hydroxylation is 1. The van der Waals surface area contributed by atoms with Gasteiger partial charge in [-0.25, -0.2) is 9.18 Å². The molecule has 1 aromatic heterocycles. The third kappa shape index (κ3) is 5.64. The summed E-state index contributed by atoms with van der Waals surface area (Å²) in [6.45, 7) is 0.561. The molecule has 27 heavy (non-hydrogen) atoms. The van der Waals surface area contributed by atoms with Crippen LogP contribution in [0.2, 0.25) is 0 Å². The molecule has 0 aliphatic carbocycles. The lowest BCUT2D eigenvalue weighted by molar-refractivity contribution is 0.0495. The molecule has 0 radical (unpaired) electrons. The van der Waals surface area contributed by atoms with Crippen LogP contribution < -0.4 is 4.74 Å². The number of esters is 1. The molecule has 0 aliphatic heterocycles. The molecular formula is C22H20FNO3. The molecule has 0 N–H and O–H groups in total. The first-order valence-electron chi connectivity index (χ1n) is 8.74. The molecule has 0 aliphatic rings. The van der Waals surface area contributed by atoms with Crippen molar-refractivity contribution >= 4 is 5.97 Å². The number of aromatic nitrogens is 1. The summed E-state index contributed by atoms with van der Waals surface area (Å²) < 4.78 is 24.1. The van der Waals surface area contributed by atoms with E-state index in [0.29, 0.717) is 17.9 Å². The van der Waals surface area contributed by atoms with Crippen LogP contribution in [-0.2, 0) is 17.8 Å². The zero-order valence-corrected chi connectivity index (χ0v) is 14.8. The number of benzene rings is 2. The Morgan fingerprint density at radius 1 is 0.963 bits per heavy atom. The van der Waals surface area contributed by atoms with Crippen molar-refractivity contribution in [1.82, 2.24) is 4.98 Å². The van der Waals surface area contributed by atoms with E-state index in [0.717, 1.165) is 24.0 Å². The Morgan fingerprint density at radius 2 is 1.78 bits per heavy atom. The van der Waals surface area contributed by atoms with Gasteiger partial charge in [-0.15, -0.1) is 0 Å². The van der Waals surface area contributed by atoms with Gasteiger partial charge in [-0.3, -0.25) is 4.98 Å². The molecule has 0 fully saturated rings. The molecule has 0 saturated heterocycles. The van der Waals surface area contributed by atoms with Crippen LogP contribution in [-0.4, -0.2) is 17.6 Å². The number of rotatable bonds is 8. The van der Waals surface area contributed by atoms with Crippen LogP contribution >= 0.6 is 0 Å². The molecule has 2 aromatic carbocycles. The summed E-state index contributed by atoms with van der Waals surface area (Å²) in [5.41, 5.74) is 2.30. The van der Waals surface area contributed by atoms with Crippen LogP contribution in [0.15, 0.2) is 73.1 Å². The molecule has 4 nitrogen and oxygen atoms in total. The summed E-state index contributed by atoms with van der Waals surface area (Å²) in [6.07, 6.45) is 5.05. The van der Waals surface area contributed by atoms with E-state index in [1.54, 1.807) is 48.8 Å². The second-order valence-electron chi connectivity index (χ2n) is 6.01. The van der Waals surface area contributed by atoms with Gasteiger partial charge in [0.15, 0.2) is 0 Å². The lowest BCUT2D eigenvalue weighted by Crippen LogP contribution is -2.09. The van der Waals surface area contributed by atoms with E-state index in [-0.39, 0.29) is 12.4 Å². The Labute approximate surface area is 157 Å². The Balaban J connectivity index is 1.52. The van der Waals surface area contributed by atoms with Gasteiger partial charge in [-0.1, -0.05) is 30.3 Å². The minimum absolute atomic E-state index is 0.242. The number of ether oxygens (including phenoxy) is 2. The van der Waals surface area contributed by atoms with Gasteiger partial charge in [0.2, 0.25) is 0 Å². The molecule has 3 rings (SSSR count). The van der Waals surface area contributed by atoms with Crippen molar-refractivity contribution in [1.29, 1.82) is 0 Å². The van der Waals surface area contributed by atoms with Crippen LogP contribution in [0.5, 0.6) is 5.75 Å². The van der Waals surface area contributed by atoms with Gasteiger partial charge >= 0.3 is 5.97 Å². The molecule has 0 bridgehead atoms. The third-order valence-electron chi connectivity index (χ3n) is 3.98.